The zero-order valence-corrected chi connectivity index (χ0v) is 10.9. The van der Waals surface area contributed by atoms with E-state index in [1.807, 2.05) is 0 Å². The van der Waals surface area contributed by atoms with Crippen LogP contribution in [0.15, 0.2) is 0 Å². The first-order valence-electron chi connectivity index (χ1n) is 4.72. The van der Waals surface area contributed by atoms with Crippen molar-refractivity contribution in [1.82, 2.24) is 0 Å². The van der Waals surface area contributed by atoms with E-state index in [-0.39, 0.29) is 0 Å². The Kier molecular flexibility index (Phi) is 8.43. The summed E-state index contributed by atoms with van der Waals surface area (Å²) in [5, 5.41) is 0. The predicted molar refractivity (Wildman–Crippen MR) is 55.1 cm³/mol. The number of unbranched alkanes of at least 4 members (excludes halogenated alkanes) is 2. The van der Waals surface area contributed by atoms with Gasteiger partial charge in [0.2, 0.25) is 0 Å². The average Bonchev–Trinajstić information content (AvgIpc) is 2.05. The summed E-state index contributed by atoms with van der Waals surface area (Å²) in [7, 11) is 0. The SMILES string of the molecule is CCCCOP(=O)([Se-])OCCCC. The first kappa shape index (κ1) is 13.7. The Hall–Kier alpha value is 0.669. The Morgan fingerprint density at radius 3 is 1.77 bits per heavy atom. The Morgan fingerprint density at radius 2 is 1.46 bits per heavy atom. The van der Waals surface area contributed by atoms with Gasteiger partial charge in [0.1, 0.15) is 0 Å². The summed E-state index contributed by atoms with van der Waals surface area (Å²) in [6, 6.07) is 0. The fourth-order valence-electron chi connectivity index (χ4n) is 0.679. The fourth-order valence-corrected chi connectivity index (χ4v) is 2.40. The second kappa shape index (κ2) is 8.02. The van der Waals surface area contributed by atoms with Crippen LogP contribution in [0.5, 0.6) is 0 Å². The first-order chi connectivity index (χ1) is 6.12. The molecule has 0 spiro atoms. The van der Waals surface area contributed by atoms with Crippen molar-refractivity contribution >= 4 is 21.9 Å². The van der Waals surface area contributed by atoms with E-state index in [2.05, 4.69) is 29.4 Å². The van der Waals surface area contributed by atoms with E-state index in [9.17, 15) is 4.57 Å². The molecule has 13 heavy (non-hydrogen) atoms. The topological polar surface area (TPSA) is 35.5 Å². The van der Waals surface area contributed by atoms with Gasteiger partial charge in [0.25, 0.3) is 0 Å². The van der Waals surface area contributed by atoms with Crippen molar-refractivity contribution in [3.8, 4) is 0 Å². The molecule has 5 heteroatoms. The van der Waals surface area contributed by atoms with Crippen LogP contribution in [0.2, 0.25) is 0 Å². The summed E-state index contributed by atoms with van der Waals surface area (Å²) < 4.78 is 21.7. The minimum atomic E-state index is -2.88. The molecule has 0 saturated carbocycles. The van der Waals surface area contributed by atoms with Gasteiger partial charge in [0, 0.05) is 0 Å². The van der Waals surface area contributed by atoms with Gasteiger partial charge in [0.05, 0.1) is 0 Å². The normalized spacial score (nSPS) is 11.9. The first-order valence-corrected chi connectivity index (χ1v) is 8.48. The van der Waals surface area contributed by atoms with Gasteiger partial charge in [-0.1, -0.05) is 0 Å². The Balaban J connectivity index is 3.49. The van der Waals surface area contributed by atoms with Crippen LogP contribution in [-0.4, -0.2) is 28.8 Å². The van der Waals surface area contributed by atoms with Crippen molar-refractivity contribution in [2.75, 3.05) is 13.2 Å². The molecule has 0 aromatic heterocycles. The second-order valence-corrected chi connectivity index (χ2v) is 7.05. The van der Waals surface area contributed by atoms with E-state index in [0.717, 1.165) is 25.7 Å². The molecule has 0 aliphatic heterocycles. The summed E-state index contributed by atoms with van der Waals surface area (Å²) in [5.74, 6) is 0. The molecule has 0 N–H and O–H groups in total. The van der Waals surface area contributed by atoms with Crippen molar-refractivity contribution in [1.29, 1.82) is 0 Å². The molecule has 0 rings (SSSR count). The molecule has 0 amide bonds. The summed E-state index contributed by atoms with van der Waals surface area (Å²) in [6.45, 7) is 5.14. The Labute approximate surface area is 88.5 Å². The zero-order valence-electron chi connectivity index (χ0n) is 8.32. The van der Waals surface area contributed by atoms with Gasteiger partial charge < -0.3 is 0 Å². The molecule has 0 radical (unpaired) electrons. The monoisotopic (exact) mass is 273 g/mol. The predicted octanol–water partition coefficient (Wildman–Crippen LogP) is 2.90. The van der Waals surface area contributed by atoms with Gasteiger partial charge in [-0.05, 0) is 0 Å². The van der Waals surface area contributed by atoms with Gasteiger partial charge in [-0.25, -0.2) is 0 Å². The third-order valence-electron chi connectivity index (χ3n) is 1.49. The maximum absolute atomic E-state index is 11.5. The molecule has 0 atom stereocenters. The number of rotatable bonds is 8. The van der Waals surface area contributed by atoms with Crippen LogP contribution in [0.4, 0.5) is 0 Å². The molecule has 0 aromatic rings. The number of hydrogen-bond donors (Lipinski definition) is 0. The molecular weight excluding hydrogens is 254 g/mol. The van der Waals surface area contributed by atoms with Gasteiger partial charge in [-0.2, -0.15) is 0 Å². The second-order valence-electron chi connectivity index (χ2n) is 2.82. The van der Waals surface area contributed by atoms with Gasteiger partial charge in [0.15, 0.2) is 0 Å². The van der Waals surface area contributed by atoms with Crippen molar-refractivity contribution in [2.45, 2.75) is 39.5 Å². The molecule has 0 heterocycles. The van der Waals surface area contributed by atoms with E-state index in [4.69, 9.17) is 9.05 Å². The van der Waals surface area contributed by atoms with Gasteiger partial charge in [-0.3, -0.25) is 0 Å². The third-order valence-corrected chi connectivity index (χ3v) is 3.82. The van der Waals surface area contributed by atoms with E-state index in [1.54, 1.807) is 0 Å². The quantitative estimate of drug-likeness (QED) is 0.387. The van der Waals surface area contributed by atoms with Crippen LogP contribution < -0.4 is 0 Å². The van der Waals surface area contributed by atoms with Crippen molar-refractivity contribution in [2.24, 2.45) is 0 Å². The molecule has 0 bridgehead atoms. The van der Waals surface area contributed by atoms with E-state index >= 15 is 0 Å². The molecule has 0 fully saturated rings. The Bertz CT molecular complexity index is 149. The van der Waals surface area contributed by atoms with Crippen LogP contribution in [0.25, 0.3) is 0 Å². The Morgan fingerprint density at radius 1 is 1.08 bits per heavy atom. The van der Waals surface area contributed by atoms with Crippen molar-refractivity contribution < 1.29 is 13.6 Å². The summed E-state index contributed by atoms with van der Waals surface area (Å²) in [4.78, 5) is 0. The van der Waals surface area contributed by atoms with Crippen LogP contribution in [0.1, 0.15) is 39.5 Å². The van der Waals surface area contributed by atoms with Gasteiger partial charge in [-0.15, -0.1) is 0 Å². The molecule has 0 unspecified atom stereocenters. The molecule has 3 nitrogen and oxygen atoms in total. The molecular formula is C8H18O3PSe-. The third kappa shape index (κ3) is 8.99. The minimum absolute atomic E-state index is 0.507. The average molecular weight is 272 g/mol. The summed E-state index contributed by atoms with van der Waals surface area (Å²) >= 11 is 2.48. The van der Waals surface area contributed by atoms with E-state index < -0.39 is 6.29 Å². The van der Waals surface area contributed by atoms with Crippen LogP contribution in [-0.2, 0) is 13.6 Å². The molecule has 0 aliphatic carbocycles. The van der Waals surface area contributed by atoms with E-state index in [0.29, 0.717) is 13.2 Å². The van der Waals surface area contributed by atoms with Crippen LogP contribution in [0, 0.1) is 0 Å². The molecule has 0 aromatic carbocycles. The van der Waals surface area contributed by atoms with E-state index in [1.165, 1.54) is 0 Å². The van der Waals surface area contributed by atoms with Gasteiger partial charge >= 0.3 is 88.2 Å². The van der Waals surface area contributed by atoms with Crippen LogP contribution in [0.3, 0.4) is 0 Å². The molecule has 0 saturated heterocycles. The van der Waals surface area contributed by atoms with Crippen molar-refractivity contribution in [3.05, 3.63) is 0 Å². The van der Waals surface area contributed by atoms with Crippen molar-refractivity contribution in [3.63, 3.8) is 0 Å². The summed E-state index contributed by atoms with van der Waals surface area (Å²) in [5.41, 5.74) is 0. The summed E-state index contributed by atoms with van der Waals surface area (Å²) in [6.07, 6.45) is 1.04. The van der Waals surface area contributed by atoms with Crippen LogP contribution >= 0.6 is 6.29 Å². The fraction of sp³-hybridized carbons (Fsp3) is 1.00. The zero-order chi connectivity index (χ0) is 10.2. The molecule has 80 valence electrons. The standard InChI is InChI=1S/C8H19O3PSe/c1-3-5-7-10-12(9,13)11-8-6-4-2/h3-8H2,1-2H3,(H,9,13)/p-1. The molecule has 0 aliphatic rings. The number of hydrogen-bond acceptors (Lipinski definition) is 3. The maximum atomic E-state index is 11.5.